The maximum atomic E-state index is 6.07. The summed E-state index contributed by atoms with van der Waals surface area (Å²) in [5.41, 5.74) is 4.33. The van der Waals surface area contributed by atoms with E-state index in [2.05, 4.69) is 55.8 Å². The monoisotopic (exact) mass is 370 g/mol. The minimum absolute atomic E-state index is 0.333. The van der Waals surface area contributed by atoms with Crippen molar-refractivity contribution in [1.29, 1.82) is 0 Å². The van der Waals surface area contributed by atoms with Gasteiger partial charge >= 0.3 is 0 Å². The second kappa shape index (κ2) is 7.19. The third-order valence-electron chi connectivity index (χ3n) is 4.40. The van der Waals surface area contributed by atoms with Crippen LogP contribution >= 0.6 is 23.8 Å². The van der Waals surface area contributed by atoms with Crippen molar-refractivity contribution < 1.29 is 0 Å². The number of nitrogens with one attached hydrogen (secondary N) is 1. The zero-order valence-corrected chi connectivity index (χ0v) is 16.6. The number of fused-ring (bicyclic) bond motifs is 1. The molecule has 0 fully saturated rings. The summed E-state index contributed by atoms with van der Waals surface area (Å²) in [6.45, 7) is 8.73. The van der Waals surface area contributed by atoms with E-state index >= 15 is 0 Å². The molecule has 2 nitrogen and oxygen atoms in total. The first kappa shape index (κ1) is 18.0. The molecule has 3 aromatic rings. The minimum atomic E-state index is 0.333. The topological polar surface area (TPSA) is 19.0 Å². The fraction of sp³-hybridized carbons (Fsp3) is 0.286. The number of hydrogen-bond acceptors (Lipinski definition) is 1. The number of benzene rings is 2. The van der Waals surface area contributed by atoms with E-state index in [1.54, 1.807) is 0 Å². The Labute approximate surface area is 159 Å². The molecule has 0 amide bonds. The molecule has 0 saturated heterocycles. The van der Waals surface area contributed by atoms with Crippen molar-refractivity contribution >= 4 is 39.7 Å². The number of hydrogen-bond donors (Lipinski definition) is 1. The summed E-state index contributed by atoms with van der Waals surface area (Å²) >= 11 is 12.0. The molecule has 130 valence electrons. The quantitative estimate of drug-likeness (QED) is 0.545. The third kappa shape index (κ3) is 3.44. The Morgan fingerprint density at radius 2 is 1.56 bits per heavy atom. The average molecular weight is 371 g/mol. The van der Waals surface area contributed by atoms with E-state index in [1.165, 1.54) is 0 Å². The van der Waals surface area contributed by atoms with Gasteiger partial charge in [-0.05, 0) is 51.5 Å². The van der Waals surface area contributed by atoms with E-state index in [1.807, 2.05) is 30.3 Å². The standard InChI is InChI=1S/C21H23ClN2S/c1-13(2)24(14(3)4)21(25)19-17-7-5-6-8-18(17)23-20(19)15-9-11-16(22)12-10-15/h5-14,23H,1-4H3. The number of aromatic nitrogens is 1. The molecule has 1 heterocycles. The van der Waals surface area contributed by atoms with Gasteiger partial charge in [-0.15, -0.1) is 0 Å². The highest BCUT2D eigenvalue weighted by molar-refractivity contribution is 7.80. The van der Waals surface area contributed by atoms with Crippen molar-refractivity contribution in [3.05, 3.63) is 59.1 Å². The number of aromatic amines is 1. The van der Waals surface area contributed by atoms with Crippen LogP contribution in [0.25, 0.3) is 22.2 Å². The highest BCUT2D eigenvalue weighted by Crippen LogP contribution is 2.33. The van der Waals surface area contributed by atoms with E-state index in [4.69, 9.17) is 23.8 Å². The summed E-state index contributed by atoms with van der Waals surface area (Å²) in [6, 6.07) is 16.9. The van der Waals surface area contributed by atoms with Gasteiger partial charge in [-0.1, -0.05) is 54.2 Å². The molecule has 0 aliphatic rings. The Kier molecular flexibility index (Phi) is 5.16. The second-order valence-corrected chi connectivity index (χ2v) is 7.65. The van der Waals surface area contributed by atoms with E-state index in [0.29, 0.717) is 12.1 Å². The summed E-state index contributed by atoms with van der Waals surface area (Å²) in [4.78, 5) is 6.73. The molecule has 1 aromatic heterocycles. The van der Waals surface area contributed by atoms with Gasteiger partial charge in [0, 0.05) is 33.6 Å². The van der Waals surface area contributed by atoms with Crippen molar-refractivity contribution in [3.63, 3.8) is 0 Å². The van der Waals surface area contributed by atoms with Crippen LogP contribution in [-0.4, -0.2) is 27.0 Å². The Morgan fingerprint density at radius 1 is 0.960 bits per heavy atom. The molecule has 0 aliphatic carbocycles. The number of para-hydroxylation sites is 1. The minimum Gasteiger partial charge on any atom is -0.357 e. The van der Waals surface area contributed by atoms with Crippen LogP contribution in [0.4, 0.5) is 0 Å². The van der Waals surface area contributed by atoms with Crippen molar-refractivity contribution in [2.24, 2.45) is 0 Å². The Bertz CT molecular complexity index is 886. The largest absolute Gasteiger partial charge is 0.357 e. The SMILES string of the molecule is CC(C)N(C(=S)c1c(-c2ccc(Cl)cc2)[nH]c2ccccc12)C(C)C. The predicted molar refractivity (Wildman–Crippen MR) is 113 cm³/mol. The van der Waals surface area contributed by atoms with Crippen LogP contribution in [0.5, 0.6) is 0 Å². The molecule has 0 saturated carbocycles. The van der Waals surface area contributed by atoms with Gasteiger partial charge in [0.05, 0.1) is 5.69 Å². The molecule has 2 aromatic carbocycles. The zero-order valence-electron chi connectivity index (χ0n) is 15.0. The summed E-state index contributed by atoms with van der Waals surface area (Å²) in [5.74, 6) is 0. The van der Waals surface area contributed by atoms with Crippen LogP contribution in [-0.2, 0) is 0 Å². The molecule has 4 heteroatoms. The lowest BCUT2D eigenvalue weighted by atomic mass is 10.0. The van der Waals surface area contributed by atoms with Gasteiger partial charge in [0.2, 0.25) is 0 Å². The van der Waals surface area contributed by atoms with Crippen molar-refractivity contribution in [3.8, 4) is 11.3 Å². The predicted octanol–water partition coefficient (Wildman–Crippen LogP) is 6.28. The first-order valence-corrected chi connectivity index (χ1v) is 9.38. The van der Waals surface area contributed by atoms with Crippen LogP contribution in [0, 0.1) is 0 Å². The molecule has 0 aliphatic heterocycles. The van der Waals surface area contributed by atoms with Gasteiger partial charge in [-0.2, -0.15) is 0 Å². The van der Waals surface area contributed by atoms with E-state index in [0.717, 1.165) is 37.7 Å². The molecule has 1 N–H and O–H groups in total. The smallest absolute Gasteiger partial charge is 0.112 e. The summed E-state index contributed by atoms with van der Waals surface area (Å²) in [5, 5.41) is 1.89. The number of halogens is 1. The average Bonchev–Trinajstić information content (AvgIpc) is 2.94. The van der Waals surface area contributed by atoms with Crippen LogP contribution in [0.2, 0.25) is 5.02 Å². The number of H-pyrrole nitrogens is 1. The van der Waals surface area contributed by atoms with Gasteiger partial charge < -0.3 is 9.88 Å². The Morgan fingerprint density at radius 3 is 2.16 bits per heavy atom. The molecule has 0 atom stereocenters. The summed E-state index contributed by atoms with van der Waals surface area (Å²) in [7, 11) is 0. The first-order valence-electron chi connectivity index (χ1n) is 8.59. The number of rotatable bonds is 4. The highest BCUT2D eigenvalue weighted by atomic mass is 35.5. The summed E-state index contributed by atoms with van der Waals surface area (Å²) in [6.07, 6.45) is 0. The van der Waals surface area contributed by atoms with Crippen LogP contribution in [0.15, 0.2) is 48.5 Å². The normalized spacial score (nSPS) is 11.5. The highest BCUT2D eigenvalue weighted by Gasteiger charge is 2.24. The van der Waals surface area contributed by atoms with Gasteiger partial charge in [0.15, 0.2) is 0 Å². The van der Waals surface area contributed by atoms with Crippen molar-refractivity contribution in [2.75, 3.05) is 0 Å². The Hall–Kier alpha value is -1.84. The lowest BCUT2D eigenvalue weighted by Gasteiger charge is -2.33. The maximum Gasteiger partial charge on any atom is 0.112 e. The van der Waals surface area contributed by atoms with Crippen LogP contribution < -0.4 is 0 Å². The van der Waals surface area contributed by atoms with Crippen LogP contribution in [0.3, 0.4) is 0 Å². The van der Waals surface area contributed by atoms with Crippen molar-refractivity contribution in [2.45, 2.75) is 39.8 Å². The zero-order chi connectivity index (χ0) is 18.1. The van der Waals surface area contributed by atoms with E-state index in [-0.39, 0.29) is 0 Å². The molecular weight excluding hydrogens is 348 g/mol. The molecule has 25 heavy (non-hydrogen) atoms. The third-order valence-corrected chi connectivity index (χ3v) is 5.07. The lowest BCUT2D eigenvalue weighted by Crippen LogP contribution is -2.41. The second-order valence-electron chi connectivity index (χ2n) is 6.83. The summed E-state index contributed by atoms with van der Waals surface area (Å²) < 4.78 is 0. The van der Waals surface area contributed by atoms with E-state index < -0.39 is 0 Å². The Balaban J connectivity index is 2.23. The maximum absolute atomic E-state index is 6.07. The molecule has 0 unspecified atom stereocenters. The molecular formula is C21H23ClN2S. The van der Waals surface area contributed by atoms with Gasteiger partial charge in [-0.3, -0.25) is 0 Å². The van der Waals surface area contributed by atoms with Crippen LogP contribution in [0.1, 0.15) is 33.3 Å². The first-order chi connectivity index (χ1) is 11.9. The van der Waals surface area contributed by atoms with Gasteiger partial charge in [0.25, 0.3) is 0 Å². The van der Waals surface area contributed by atoms with Gasteiger partial charge in [-0.25, -0.2) is 0 Å². The lowest BCUT2D eigenvalue weighted by molar-refractivity contribution is 0.298. The van der Waals surface area contributed by atoms with Crippen molar-refractivity contribution in [1.82, 2.24) is 9.88 Å². The molecule has 0 radical (unpaired) electrons. The fourth-order valence-corrected chi connectivity index (χ4v) is 4.15. The fourth-order valence-electron chi connectivity index (χ4n) is 3.39. The molecule has 0 bridgehead atoms. The van der Waals surface area contributed by atoms with Gasteiger partial charge in [0.1, 0.15) is 4.99 Å². The van der Waals surface area contributed by atoms with E-state index in [9.17, 15) is 0 Å². The molecule has 3 rings (SSSR count). The molecule has 0 spiro atoms. The number of nitrogens with zero attached hydrogens (tertiary/aromatic N) is 1. The number of thiocarbonyl (C=S) groups is 1.